The fourth-order valence-electron chi connectivity index (χ4n) is 1.81. The molecular weight excluding hydrogens is 380 g/mol. The third-order valence-corrected chi connectivity index (χ3v) is 2.86. The summed E-state index contributed by atoms with van der Waals surface area (Å²) in [6.45, 7) is 10.6. The van der Waals surface area contributed by atoms with E-state index in [4.69, 9.17) is 9.47 Å². The third kappa shape index (κ3) is 10.4. The Kier molecular flexibility index (Phi) is 8.28. The molecule has 0 fully saturated rings. The number of thiocarbonyl (C=S) groups is 1. The maximum absolute atomic E-state index is 12.0. The zero-order valence-electron chi connectivity index (χ0n) is 17.0. The Morgan fingerprint density at radius 2 is 1.43 bits per heavy atom. The molecule has 0 saturated carbocycles. The van der Waals surface area contributed by atoms with Gasteiger partial charge in [0.05, 0.1) is 17.4 Å². The van der Waals surface area contributed by atoms with Crippen LogP contribution in [0, 0.1) is 0 Å². The van der Waals surface area contributed by atoms with E-state index < -0.39 is 23.4 Å². The molecule has 1 aromatic rings. The lowest BCUT2D eigenvalue weighted by Crippen LogP contribution is -2.47. The van der Waals surface area contributed by atoms with Crippen LogP contribution in [0.3, 0.4) is 0 Å². The Hall–Kier alpha value is -2.77. The number of nitrogens with zero attached hydrogens (tertiary/aromatic N) is 2. The van der Waals surface area contributed by atoms with Crippen molar-refractivity contribution in [3.8, 4) is 0 Å². The van der Waals surface area contributed by atoms with Crippen LogP contribution in [-0.4, -0.2) is 34.5 Å². The van der Waals surface area contributed by atoms with Gasteiger partial charge in [-0.2, -0.15) is 4.99 Å². The highest BCUT2D eigenvalue weighted by Gasteiger charge is 2.21. The summed E-state index contributed by atoms with van der Waals surface area (Å²) in [5.74, 6) is -0.0792. The molecule has 1 rings (SSSR count). The van der Waals surface area contributed by atoms with Crippen molar-refractivity contribution in [2.45, 2.75) is 59.3 Å². The van der Waals surface area contributed by atoms with Gasteiger partial charge in [0.25, 0.3) is 0 Å². The van der Waals surface area contributed by atoms with Crippen molar-refractivity contribution in [1.29, 1.82) is 0 Å². The van der Waals surface area contributed by atoms with Gasteiger partial charge in [-0.3, -0.25) is 10.6 Å². The molecule has 0 aromatic heterocycles. The number of carbonyl (C=O) groups excluding carboxylic acids is 2. The van der Waals surface area contributed by atoms with Gasteiger partial charge in [-0.05, 0) is 71.5 Å². The van der Waals surface area contributed by atoms with Crippen molar-refractivity contribution in [2.24, 2.45) is 9.98 Å². The van der Waals surface area contributed by atoms with Crippen LogP contribution in [0.25, 0.3) is 0 Å². The molecule has 0 bridgehead atoms. The second-order valence-corrected chi connectivity index (χ2v) is 7.97. The summed E-state index contributed by atoms with van der Waals surface area (Å²) in [6, 6.07) is 7.11. The Balaban J connectivity index is 2.91. The normalized spacial score (nSPS) is 10.9. The monoisotopic (exact) mass is 406 g/mol. The molecule has 1 aromatic carbocycles. The molecule has 152 valence electrons. The van der Waals surface area contributed by atoms with E-state index >= 15 is 0 Å². The van der Waals surface area contributed by atoms with Gasteiger partial charge in [-0.15, -0.1) is 0 Å². The number of nitrogens with one attached hydrogen (secondary N) is 2. The fraction of sp³-hybridized carbons (Fsp3) is 0.474. The van der Waals surface area contributed by atoms with E-state index in [1.165, 1.54) is 0 Å². The maximum Gasteiger partial charge on any atom is 0.414 e. The number of rotatable bonds is 3. The number of guanidine groups is 1. The summed E-state index contributed by atoms with van der Waals surface area (Å²) in [5.41, 5.74) is 0.109. The lowest BCUT2D eigenvalue weighted by Gasteiger charge is -2.22. The predicted octanol–water partition coefficient (Wildman–Crippen LogP) is 4.33. The van der Waals surface area contributed by atoms with Crippen LogP contribution in [0.4, 0.5) is 15.3 Å². The second-order valence-electron chi connectivity index (χ2n) is 7.79. The van der Waals surface area contributed by atoms with Gasteiger partial charge < -0.3 is 9.47 Å². The summed E-state index contributed by atoms with van der Waals surface area (Å²) in [4.78, 5) is 32.2. The topological polar surface area (TPSA) is 101 Å². The SMILES string of the molecule is CC(C)(C)OC(=O)NC(=NCc1ccc(N=C=S)cc1)NC(=O)OC(C)(C)C. The molecule has 0 atom stereocenters. The van der Waals surface area contributed by atoms with Gasteiger partial charge in [0.15, 0.2) is 0 Å². The van der Waals surface area contributed by atoms with E-state index in [9.17, 15) is 9.59 Å². The van der Waals surface area contributed by atoms with Crippen molar-refractivity contribution < 1.29 is 19.1 Å². The summed E-state index contributed by atoms with van der Waals surface area (Å²) < 4.78 is 10.4. The van der Waals surface area contributed by atoms with Crippen LogP contribution in [0.15, 0.2) is 34.3 Å². The van der Waals surface area contributed by atoms with Crippen LogP contribution < -0.4 is 10.6 Å². The highest BCUT2D eigenvalue weighted by molar-refractivity contribution is 7.78. The summed E-state index contributed by atoms with van der Waals surface area (Å²) >= 11 is 4.56. The molecule has 0 aliphatic rings. The van der Waals surface area contributed by atoms with Gasteiger partial charge in [-0.25, -0.2) is 14.6 Å². The molecule has 0 saturated heterocycles. The molecule has 0 unspecified atom stereocenters. The minimum Gasteiger partial charge on any atom is -0.444 e. The molecule has 2 N–H and O–H groups in total. The van der Waals surface area contributed by atoms with Gasteiger partial charge in [0.1, 0.15) is 11.2 Å². The maximum atomic E-state index is 12.0. The highest BCUT2D eigenvalue weighted by atomic mass is 32.1. The molecule has 0 radical (unpaired) electrons. The number of carbonyl (C=O) groups is 2. The zero-order chi connectivity index (χ0) is 21.4. The van der Waals surface area contributed by atoms with E-state index in [0.29, 0.717) is 5.69 Å². The minimum atomic E-state index is -0.743. The fourth-order valence-corrected chi connectivity index (χ4v) is 1.92. The first kappa shape index (κ1) is 23.3. The lowest BCUT2D eigenvalue weighted by molar-refractivity contribution is 0.0545. The molecule has 0 heterocycles. The molecular formula is C19H26N4O4S. The molecule has 0 aliphatic carbocycles. The van der Waals surface area contributed by atoms with Crippen LogP contribution in [-0.2, 0) is 16.0 Å². The summed E-state index contributed by atoms with van der Waals surface area (Å²) in [6.07, 6.45) is -1.49. The van der Waals surface area contributed by atoms with Crippen LogP contribution in [0.5, 0.6) is 0 Å². The number of aliphatic imine (C=N–C) groups is 2. The first-order chi connectivity index (χ1) is 12.9. The van der Waals surface area contributed by atoms with Gasteiger partial charge in [0.2, 0.25) is 5.96 Å². The Morgan fingerprint density at radius 1 is 0.964 bits per heavy atom. The Morgan fingerprint density at radius 3 is 1.82 bits per heavy atom. The van der Waals surface area contributed by atoms with Crippen molar-refractivity contribution in [2.75, 3.05) is 0 Å². The number of ether oxygens (including phenoxy) is 2. The average molecular weight is 407 g/mol. The molecule has 28 heavy (non-hydrogen) atoms. The van der Waals surface area contributed by atoms with E-state index in [-0.39, 0.29) is 12.5 Å². The molecule has 9 heteroatoms. The van der Waals surface area contributed by atoms with Crippen molar-refractivity contribution in [3.63, 3.8) is 0 Å². The lowest BCUT2D eigenvalue weighted by atomic mass is 10.2. The Labute approximate surface area is 170 Å². The zero-order valence-corrected chi connectivity index (χ0v) is 17.8. The van der Waals surface area contributed by atoms with Crippen molar-refractivity contribution >= 4 is 41.2 Å². The largest absolute Gasteiger partial charge is 0.444 e. The number of hydrogen-bond donors (Lipinski definition) is 2. The number of isothiocyanates is 1. The van der Waals surface area contributed by atoms with E-state index in [0.717, 1.165) is 5.56 Å². The molecule has 8 nitrogen and oxygen atoms in total. The number of hydrogen-bond acceptors (Lipinski definition) is 7. The number of alkyl carbamates (subject to hydrolysis) is 2. The first-order valence-corrected chi connectivity index (χ1v) is 9.00. The van der Waals surface area contributed by atoms with Gasteiger partial charge in [-0.1, -0.05) is 12.1 Å². The van der Waals surface area contributed by atoms with Crippen LogP contribution in [0.2, 0.25) is 0 Å². The molecule has 2 amide bonds. The standard InChI is InChI=1S/C19H26N4O4S/c1-18(2,3)26-16(24)22-15(23-17(25)27-19(4,5)6)20-11-13-7-9-14(10-8-13)21-12-28/h7-10H,11H2,1-6H3,(H2,20,22,23,24,25). The Bertz CT molecular complexity index is 739. The summed E-state index contributed by atoms with van der Waals surface area (Å²) in [5, 5.41) is 7.15. The quantitative estimate of drug-likeness (QED) is 0.442. The van der Waals surface area contributed by atoms with Crippen LogP contribution >= 0.6 is 12.2 Å². The van der Waals surface area contributed by atoms with Gasteiger partial charge >= 0.3 is 12.2 Å². The van der Waals surface area contributed by atoms with Crippen LogP contribution in [0.1, 0.15) is 47.1 Å². The van der Waals surface area contributed by atoms with Crippen molar-refractivity contribution in [3.05, 3.63) is 29.8 Å². The summed E-state index contributed by atoms with van der Waals surface area (Å²) in [7, 11) is 0. The predicted molar refractivity (Wildman–Crippen MR) is 111 cm³/mol. The second kappa shape index (κ2) is 9.96. The van der Waals surface area contributed by atoms with Crippen molar-refractivity contribution in [1.82, 2.24) is 10.6 Å². The van der Waals surface area contributed by atoms with E-state index in [2.05, 4.69) is 38.0 Å². The van der Waals surface area contributed by atoms with E-state index in [1.807, 2.05) is 0 Å². The van der Waals surface area contributed by atoms with E-state index in [1.54, 1.807) is 65.8 Å². The number of benzene rings is 1. The number of amides is 2. The van der Waals surface area contributed by atoms with Gasteiger partial charge in [0, 0.05) is 0 Å². The third-order valence-electron chi connectivity index (χ3n) is 2.77. The minimum absolute atomic E-state index is 0.0792. The average Bonchev–Trinajstić information content (AvgIpc) is 2.50. The smallest absolute Gasteiger partial charge is 0.414 e. The first-order valence-electron chi connectivity index (χ1n) is 8.59. The highest BCUT2D eigenvalue weighted by Crippen LogP contribution is 2.13. The molecule has 0 aliphatic heterocycles. The molecule has 0 spiro atoms.